The monoisotopic (exact) mass is 272 g/mol. The Morgan fingerprint density at radius 1 is 1.25 bits per heavy atom. The summed E-state index contributed by atoms with van der Waals surface area (Å²) in [7, 11) is 0. The van der Waals surface area contributed by atoms with Gasteiger partial charge in [-0.1, -0.05) is 33.1 Å². The zero-order chi connectivity index (χ0) is 14.4. The molecule has 1 atom stereocenters. The third-order valence-corrected chi connectivity index (χ3v) is 3.80. The van der Waals surface area contributed by atoms with Crippen LogP contribution in [0.25, 0.3) is 10.9 Å². The first kappa shape index (κ1) is 14.6. The van der Waals surface area contributed by atoms with Crippen LogP contribution in [0.3, 0.4) is 0 Å². The summed E-state index contributed by atoms with van der Waals surface area (Å²) in [4.78, 5) is 4.30. The van der Waals surface area contributed by atoms with Crippen molar-refractivity contribution in [3.05, 3.63) is 30.5 Å². The van der Waals surface area contributed by atoms with E-state index in [1.807, 2.05) is 24.3 Å². The van der Waals surface area contributed by atoms with E-state index in [1.165, 1.54) is 19.3 Å². The summed E-state index contributed by atoms with van der Waals surface area (Å²) >= 11 is 0. The van der Waals surface area contributed by atoms with Gasteiger partial charge in [0, 0.05) is 11.6 Å². The van der Waals surface area contributed by atoms with Crippen molar-refractivity contribution >= 4 is 16.6 Å². The summed E-state index contributed by atoms with van der Waals surface area (Å²) in [5.74, 6) is 1.39. The van der Waals surface area contributed by atoms with Gasteiger partial charge in [0.2, 0.25) is 0 Å². The predicted molar refractivity (Wildman–Crippen MR) is 85.0 cm³/mol. The first-order chi connectivity index (χ1) is 9.76. The lowest BCUT2D eigenvalue weighted by molar-refractivity contribution is 0.234. The number of ether oxygens (including phenoxy) is 1. The molecule has 1 aromatic heterocycles. The Morgan fingerprint density at radius 2 is 2.10 bits per heavy atom. The normalized spacial score (nSPS) is 12.5. The van der Waals surface area contributed by atoms with Gasteiger partial charge in [-0.05, 0) is 36.6 Å². The molecule has 108 valence electrons. The maximum absolute atomic E-state index is 6.18. The summed E-state index contributed by atoms with van der Waals surface area (Å²) in [6, 6.07) is 7.78. The SMILES string of the molecule is CCCCC(CC)COc1ccc2ncccc2c1N. The van der Waals surface area contributed by atoms with Crippen LogP contribution in [0, 0.1) is 5.92 Å². The number of pyridine rings is 1. The van der Waals surface area contributed by atoms with Gasteiger partial charge in [0.1, 0.15) is 5.75 Å². The van der Waals surface area contributed by atoms with Crippen LogP contribution >= 0.6 is 0 Å². The first-order valence-corrected chi connectivity index (χ1v) is 7.52. The molecule has 2 rings (SSSR count). The number of hydrogen-bond acceptors (Lipinski definition) is 3. The van der Waals surface area contributed by atoms with E-state index in [9.17, 15) is 0 Å². The van der Waals surface area contributed by atoms with E-state index in [0.29, 0.717) is 11.6 Å². The first-order valence-electron chi connectivity index (χ1n) is 7.52. The summed E-state index contributed by atoms with van der Waals surface area (Å²) in [5, 5.41) is 0.964. The third kappa shape index (κ3) is 3.41. The minimum atomic E-state index is 0.610. The number of nitrogen functional groups attached to an aromatic ring is 1. The van der Waals surface area contributed by atoms with Gasteiger partial charge in [-0.25, -0.2) is 0 Å². The molecule has 0 saturated carbocycles. The number of nitrogens with zero attached hydrogens (tertiary/aromatic N) is 1. The van der Waals surface area contributed by atoms with Crippen molar-refractivity contribution in [3.8, 4) is 5.75 Å². The molecular weight excluding hydrogens is 248 g/mol. The van der Waals surface area contributed by atoms with Gasteiger partial charge in [0.25, 0.3) is 0 Å². The van der Waals surface area contributed by atoms with Crippen LogP contribution in [-0.2, 0) is 0 Å². The van der Waals surface area contributed by atoms with E-state index < -0.39 is 0 Å². The predicted octanol–water partition coefficient (Wildman–Crippen LogP) is 4.41. The molecule has 1 aromatic carbocycles. The summed E-state index contributed by atoms with van der Waals surface area (Å²) in [6.07, 6.45) is 6.65. The van der Waals surface area contributed by atoms with Gasteiger partial charge >= 0.3 is 0 Å². The van der Waals surface area contributed by atoms with Crippen LogP contribution in [0.2, 0.25) is 0 Å². The van der Waals surface area contributed by atoms with E-state index in [-0.39, 0.29) is 0 Å². The van der Waals surface area contributed by atoms with Crippen molar-refractivity contribution in [1.82, 2.24) is 4.98 Å². The van der Waals surface area contributed by atoms with Crippen molar-refractivity contribution in [3.63, 3.8) is 0 Å². The Morgan fingerprint density at radius 3 is 2.85 bits per heavy atom. The van der Waals surface area contributed by atoms with Gasteiger partial charge in [-0.15, -0.1) is 0 Å². The van der Waals surface area contributed by atoms with Crippen LogP contribution in [0.4, 0.5) is 5.69 Å². The Balaban J connectivity index is 2.07. The van der Waals surface area contributed by atoms with E-state index in [2.05, 4.69) is 18.8 Å². The van der Waals surface area contributed by atoms with Crippen LogP contribution < -0.4 is 10.5 Å². The van der Waals surface area contributed by atoms with Crippen LogP contribution in [0.1, 0.15) is 39.5 Å². The molecule has 2 N–H and O–H groups in total. The maximum Gasteiger partial charge on any atom is 0.142 e. The molecule has 0 amide bonds. The number of fused-ring (bicyclic) bond motifs is 1. The van der Waals surface area contributed by atoms with Crippen molar-refractivity contribution < 1.29 is 4.74 Å². The molecular formula is C17H24N2O. The van der Waals surface area contributed by atoms with E-state index >= 15 is 0 Å². The molecule has 0 aliphatic rings. The lowest BCUT2D eigenvalue weighted by Crippen LogP contribution is -2.12. The largest absolute Gasteiger partial charge is 0.491 e. The number of hydrogen-bond donors (Lipinski definition) is 1. The molecule has 0 fully saturated rings. The fourth-order valence-electron chi connectivity index (χ4n) is 2.39. The van der Waals surface area contributed by atoms with Gasteiger partial charge in [-0.2, -0.15) is 0 Å². The molecule has 0 radical (unpaired) electrons. The lowest BCUT2D eigenvalue weighted by atomic mass is 10.0. The molecule has 3 nitrogen and oxygen atoms in total. The smallest absolute Gasteiger partial charge is 0.142 e. The van der Waals surface area contributed by atoms with E-state index in [0.717, 1.165) is 29.7 Å². The highest BCUT2D eigenvalue weighted by atomic mass is 16.5. The molecule has 20 heavy (non-hydrogen) atoms. The second-order valence-electron chi connectivity index (χ2n) is 5.27. The number of unbranched alkanes of at least 4 members (excludes halogenated alkanes) is 1. The number of nitrogens with two attached hydrogens (primary N) is 1. The second kappa shape index (κ2) is 7.13. The van der Waals surface area contributed by atoms with Crippen molar-refractivity contribution in [2.45, 2.75) is 39.5 Å². The molecule has 0 bridgehead atoms. The summed E-state index contributed by atoms with van der Waals surface area (Å²) < 4.78 is 5.94. The Bertz CT molecular complexity index is 554. The molecule has 1 heterocycles. The fraction of sp³-hybridized carbons (Fsp3) is 0.471. The molecule has 1 unspecified atom stereocenters. The minimum absolute atomic E-state index is 0.610. The molecule has 0 aliphatic heterocycles. The average molecular weight is 272 g/mol. The highest BCUT2D eigenvalue weighted by Crippen LogP contribution is 2.30. The lowest BCUT2D eigenvalue weighted by Gasteiger charge is -2.17. The number of rotatable bonds is 7. The van der Waals surface area contributed by atoms with Crippen LogP contribution in [0.5, 0.6) is 5.75 Å². The van der Waals surface area contributed by atoms with Gasteiger partial charge in [0.05, 0.1) is 17.8 Å². The van der Waals surface area contributed by atoms with E-state index in [4.69, 9.17) is 10.5 Å². The summed E-state index contributed by atoms with van der Waals surface area (Å²) in [5.41, 5.74) is 7.79. The van der Waals surface area contributed by atoms with E-state index in [1.54, 1.807) is 6.20 Å². The second-order valence-corrected chi connectivity index (χ2v) is 5.27. The molecule has 0 saturated heterocycles. The van der Waals surface area contributed by atoms with Crippen LogP contribution in [0.15, 0.2) is 30.5 Å². The van der Waals surface area contributed by atoms with Gasteiger partial charge < -0.3 is 10.5 Å². The number of anilines is 1. The topological polar surface area (TPSA) is 48.1 Å². The average Bonchev–Trinajstić information content (AvgIpc) is 2.49. The van der Waals surface area contributed by atoms with Crippen molar-refractivity contribution in [1.29, 1.82) is 0 Å². The van der Waals surface area contributed by atoms with Gasteiger partial charge in [0.15, 0.2) is 0 Å². The standard InChI is InChI=1S/C17H24N2O/c1-3-5-7-13(4-2)12-20-16-10-9-15-14(17(16)18)8-6-11-19-15/h6,8-11,13H,3-5,7,12,18H2,1-2H3. The van der Waals surface area contributed by atoms with Crippen molar-refractivity contribution in [2.24, 2.45) is 5.92 Å². The highest BCUT2D eigenvalue weighted by molar-refractivity contribution is 5.93. The molecule has 3 heteroatoms. The highest BCUT2D eigenvalue weighted by Gasteiger charge is 2.10. The molecule has 0 aliphatic carbocycles. The number of benzene rings is 1. The third-order valence-electron chi connectivity index (χ3n) is 3.80. The molecule has 2 aromatic rings. The Hall–Kier alpha value is -1.77. The zero-order valence-corrected chi connectivity index (χ0v) is 12.4. The summed E-state index contributed by atoms with van der Waals surface area (Å²) in [6.45, 7) is 5.19. The fourth-order valence-corrected chi connectivity index (χ4v) is 2.39. The van der Waals surface area contributed by atoms with Crippen molar-refractivity contribution in [2.75, 3.05) is 12.3 Å². The zero-order valence-electron chi connectivity index (χ0n) is 12.4. The molecule has 0 spiro atoms. The Kier molecular flexibility index (Phi) is 5.22. The maximum atomic E-state index is 6.18. The Labute approximate surface area is 121 Å². The number of aromatic nitrogens is 1. The van der Waals surface area contributed by atoms with Crippen LogP contribution in [-0.4, -0.2) is 11.6 Å². The minimum Gasteiger partial charge on any atom is -0.491 e. The quantitative estimate of drug-likeness (QED) is 0.759. The van der Waals surface area contributed by atoms with Gasteiger partial charge in [-0.3, -0.25) is 4.98 Å².